The van der Waals surface area contributed by atoms with Gasteiger partial charge in [0.15, 0.2) is 0 Å². The van der Waals surface area contributed by atoms with Gasteiger partial charge in [0.25, 0.3) is 0 Å². The van der Waals surface area contributed by atoms with Crippen molar-refractivity contribution >= 4 is 11.6 Å². The van der Waals surface area contributed by atoms with Crippen LogP contribution in [0.25, 0.3) is 11.3 Å². The summed E-state index contributed by atoms with van der Waals surface area (Å²) in [5.74, 6) is -0.560. The van der Waals surface area contributed by atoms with E-state index in [4.69, 9.17) is 16.9 Å². The molecule has 134 valence electrons. The van der Waals surface area contributed by atoms with Gasteiger partial charge in [0.2, 0.25) is 5.28 Å². The van der Waals surface area contributed by atoms with Crippen molar-refractivity contribution in [1.82, 2.24) is 14.9 Å². The van der Waals surface area contributed by atoms with Gasteiger partial charge < -0.3 is 0 Å². The number of fused-ring (bicyclic) bond motifs is 1. The smallest absolute Gasteiger partial charge is 0.223 e. The summed E-state index contributed by atoms with van der Waals surface area (Å²) < 4.78 is 14.1. The molecule has 1 aliphatic rings. The molecule has 0 saturated heterocycles. The fourth-order valence-corrected chi connectivity index (χ4v) is 3.59. The van der Waals surface area contributed by atoms with E-state index in [0.717, 1.165) is 30.8 Å². The highest BCUT2D eigenvalue weighted by atomic mass is 35.5. The lowest BCUT2D eigenvalue weighted by molar-refractivity contribution is 0.243. The van der Waals surface area contributed by atoms with E-state index in [0.29, 0.717) is 17.8 Å². The molecule has 0 amide bonds. The topological polar surface area (TPSA) is 52.8 Å². The Kier molecular flexibility index (Phi) is 4.85. The third-order valence-electron chi connectivity index (χ3n) is 4.72. The summed E-state index contributed by atoms with van der Waals surface area (Å²) in [5, 5.41) is 9.10. The first-order valence-electron chi connectivity index (χ1n) is 8.65. The molecule has 0 N–H and O–H groups in total. The molecular weight excluding hydrogens is 363 g/mol. The SMILES string of the molecule is N#Cc1ccc(-c2nc(Cl)nc3c2CN(Cc2ccccc2)CC3)cc1F. The molecule has 4 nitrogen and oxygen atoms in total. The van der Waals surface area contributed by atoms with Gasteiger partial charge in [-0.15, -0.1) is 0 Å². The van der Waals surface area contributed by atoms with Crippen LogP contribution in [0.15, 0.2) is 48.5 Å². The Hall–Kier alpha value is -2.81. The van der Waals surface area contributed by atoms with Gasteiger partial charge in [-0.1, -0.05) is 36.4 Å². The van der Waals surface area contributed by atoms with E-state index >= 15 is 0 Å². The maximum Gasteiger partial charge on any atom is 0.223 e. The fraction of sp³-hybridized carbons (Fsp3) is 0.190. The minimum atomic E-state index is -0.560. The van der Waals surface area contributed by atoms with Crippen molar-refractivity contribution in [2.24, 2.45) is 0 Å². The van der Waals surface area contributed by atoms with Gasteiger partial charge >= 0.3 is 0 Å². The molecule has 27 heavy (non-hydrogen) atoms. The molecule has 4 rings (SSSR count). The minimum Gasteiger partial charge on any atom is -0.294 e. The van der Waals surface area contributed by atoms with E-state index in [1.165, 1.54) is 17.7 Å². The van der Waals surface area contributed by atoms with Gasteiger partial charge in [0.1, 0.15) is 11.9 Å². The fourth-order valence-electron chi connectivity index (χ4n) is 3.41. The van der Waals surface area contributed by atoms with Gasteiger partial charge in [-0.05, 0) is 29.3 Å². The molecule has 0 fully saturated rings. The van der Waals surface area contributed by atoms with Crippen LogP contribution >= 0.6 is 11.6 Å². The lowest BCUT2D eigenvalue weighted by atomic mass is 9.98. The summed E-state index contributed by atoms with van der Waals surface area (Å²) in [6, 6.07) is 16.6. The van der Waals surface area contributed by atoms with Crippen LogP contribution in [0.1, 0.15) is 22.4 Å². The summed E-state index contributed by atoms with van der Waals surface area (Å²) in [7, 11) is 0. The van der Waals surface area contributed by atoms with Crippen LogP contribution in [0.2, 0.25) is 5.28 Å². The molecule has 6 heteroatoms. The predicted molar refractivity (Wildman–Crippen MR) is 101 cm³/mol. The Morgan fingerprint density at radius 1 is 1.15 bits per heavy atom. The normalized spacial score (nSPS) is 13.8. The van der Waals surface area contributed by atoms with E-state index in [-0.39, 0.29) is 10.8 Å². The minimum absolute atomic E-state index is 0.0125. The van der Waals surface area contributed by atoms with Crippen LogP contribution in [0.3, 0.4) is 0 Å². The van der Waals surface area contributed by atoms with E-state index in [9.17, 15) is 4.39 Å². The van der Waals surface area contributed by atoms with Crippen molar-refractivity contribution in [2.45, 2.75) is 19.5 Å². The Morgan fingerprint density at radius 2 is 1.96 bits per heavy atom. The summed E-state index contributed by atoms with van der Waals surface area (Å²) in [4.78, 5) is 11.1. The van der Waals surface area contributed by atoms with Gasteiger partial charge in [-0.2, -0.15) is 5.26 Å². The number of hydrogen-bond donors (Lipinski definition) is 0. The monoisotopic (exact) mass is 378 g/mol. The van der Waals surface area contributed by atoms with Crippen molar-refractivity contribution in [3.63, 3.8) is 0 Å². The zero-order chi connectivity index (χ0) is 18.8. The van der Waals surface area contributed by atoms with Crippen LogP contribution in [-0.4, -0.2) is 21.4 Å². The molecule has 1 aliphatic heterocycles. The Labute approximate surface area is 161 Å². The molecule has 0 atom stereocenters. The molecule has 0 saturated carbocycles. The van der Waals surface area contributed by atoms with E-state index in [1.807, 2.05) is 24.3 Å². The second kappa shape index (κ2) is 7.43. The van der Waals surface area contributed by atoms with E-state index < -0.39 is 5.82 Å². The van der Waals surface area contributed by atoms with Crippen LogP contribution in [0, 0.1) is 17.1 Å². The quantitative estimate of drug-likeness (QED) is 0.635. The average Bonchev–Trinajstić information content (AvgIpc) is 2.68. The number of nitriles is 1. The Morgan fingerprint density at radius 3 is 2.70 bits per heavy atom. The van der Waals surface area contributed by atoms with Crippen LogP contribution in [0.4, 0.5) is 4.39 Å². The number of aromatic nitrogens is 2. The van der Waals surface area contributed by atoms with Gasteiger partial charge in [-0.3, -0.25) is 4.90 Å². The molecule has 0 bridgehead atoms. The first-order valence-corrected chi connectivity index (χ1v) is 9.03. The molecule has 0 radical (unpaired) electrons. The zero-order valence-electron chi connectivity index (χ0n) is 14.5. The third kappa shape index (κ3) is 3.68. The summed E-state index contributed by atoms with van der Waals surface area (Å²) >= 11 is 6.11. The number of nitrogens with zero attached hydrogens (tertiary/aromatic N) is 4. The molecule has 0 spiro atoms. The van der Waals surface area contributed by atoms with E-state index in [2.05, 4.69) is 27.0 Å². The van der Waals surface area contributed by atoms with Crippen LogP contribution in [-0.2, 0) is 19.5 Å². The highest BCUT2D eigenvalue weighted by Crippen LogP contribution is 2.30. The number of hydrogen-bond acceptors (Lipinski definition) is 4. The van der Waals surface area contributed by atoms with Crippen molar-refractivity contribution < 1.29 is 4.39 Å². The number of rotatable bonds is 3. The third-order valence-corrected chi connectivity index (χ3v) is 4.89. The summed E-state index contributed by atoms with van der Waals surface area (Å²) in [6.45, 7) is 2.36. The summed E-state index contributed by atoms with van der Waals surface area (Å²) in [5.41, 5.74) is 4.35. The lowest BCUT2D eigenvalue weighted by Gasteiger charge is -2.29. The van der Waals surface area contributed by atoms with Crippen molar-refractivity contribution in [3.8, 4) is 17.3 Å². The zero-order valence-corrected chi connectivity index (χ0v) is 15.2. The molecular formula is C21H16ClFN4. The van der Waals surface area contributed by atoms with Gasteiger partial charge in [0, 0.05) is 37.2 Å². The molecule has 0 unspecified atom stereocenters. The number of benzene rings is 2. The second-order valence-corrected chi connectivity index (χ2v) is 6.86. The predicted octanol–water partition coefficient (Wildman–Crippen LogP) is 4.37. The van der Waals surface area contributed by atoms with Crippen molar-refractivity contribution in [1.29, 1.82) is 5.26 Å². The highest BCUT2D eigenvalue weighted by Gasteiger charge is 2.23. The average molecular weight is 379 g/mol. The molecule has 1 aromatic heterocycles. The first-order chi connectivity index (χ1) is 13.1. The van der Waals surface area contributed by atoms with Crippen LogP contribution < -0.4 is 0 Å². The maximum atomic E-state index is 14.1. The standard InChI is InChI=1S/C21H16ClFN4/c22-21-25-19-8-9-27(12-14-4-2-1-3-5-14)13-17(19)20(26-21)15-6-7-16(11-24)18(23)10-15/h1-7,10H,8-9,12-13H2. The van der Waals surface area contributed by atoms with Crippen LogP contribution in [0.5, 0.6) is 0 Å². The second-order valence-electron chi connectivity index (χ2n) is 6.52. The maximum absolute atomic E-state index is 14.1. The molecule has 2 heterocycles. The molecule has 3 aromatic rings. The highest BCUT2D eigenvalue weighted by molar-refractivity contribution is 6.28. The van der Waals surface area contributed by atoms with E-state index in [1.54, 1.807) is 6.07 Å². The molecule has 2 aromatic carbocycles. The Bertz CT molecular complexity index is 1030. The summed E-state index contributed by atoms with van der Waals surface area (Å²) in [6.07, 6.45) is 0.760. The first kappa shape index (κ1) is 17.6. The largest absolute Gasteiger partial charge is 0.294 e. The molecule has 0 aliphatic carbocycles. The van der Waals surface area contributed by atoms with Gasteiger partial charge in [-0.25, -0.2) is 14.4 Å². The lowest BCUT2D eigenvalue weighted by Crippen LogP contribution is -2.31. The Balaban J connectivity index is 1.70. The van der Waals surface area contributed by atoms with Gasteiger partial charge in [0.05, 0.1) is 17.0 Å². The number of halogens is 2. The van der Waals surface area contributed by atoms with Crippen molar-refractivity contribution in [2.75, 3.05) is 6.54 Å². The van der Waals surface area contributed by atoms with Crippen molar-refractivity contribution in [3.05, 3.63) is 82.0 Å².